The molecule has 0 radical (unpaired) electrons. The van der Waals surface area contributed by atoms with Crippen LogP contribution in [0.4, 0.5) is 0 Å². The third kappa shape index (κ3) is 7.57. The van der Waals surface area contributed by atoms with Crippen LogP contribution in [-0.2, 0) is 10.8 Å². The van der Waals surface area contributed by atoms with E-state index >= 15 is 0 Å². The van der Waals surface area contributed by atoms with Crippen LogP contribution in [0.25, 0.3) is 55.7 Å². The maximum atomic E-state index is 5.36. The van der Waals surface area contributed by atoms with Gasteiger partial charge in [0.25, 0.3) is 0 Å². The van der Waals surface area contributed by atoms with E-state index in [1.807, 2.05) is 0 Å². The van der Waals surface area contributed by atoms with Crippen molar-refractivity contribution in [3.05, 3.63) is 179 Å². The normalized spacial score (nSPS) is 19.4. The standard InChI is InChI=1S/C64H70N2/c1-6-11-39-63(40-12-7-2)55-23-16-14-21-51(55)53-37-35-48(42-57(53)63)44-27-31-46(32-28-44)61-62(66-60-26-19-18-25-59(60)65-61)47-33-29-45(30-34-47)49-36-38-54-52-22-15-17-24-56(52)64(41-13-8-3,58(54)43-49)50(10-5)20-9-4/h14,16-19,21,23-27,29-38,42-44,50H,6-13,15,20,22,28,39-41H2,1-5H3. The van der Waals surface area contributed by atoms with Crippen LogP contribution < -0.4 is 0 Å². The van der Waals surface area contributed by atoms with Crippen molar-refractivity contribution in [3.63, 3.8) is 0 Å². The monoisotopic (exact) mass is 867 g/mol. The lowest BCUT2D eigenvalue weighted by atomic mass is 9.62. The first-order valence-electron chi connectivity index (χ1n) is 26.0. The Morgan fingerprint density at radius 2 is 1.26 bits per heavy atom. The van der Waals surface area contributed by atoms with Gasteiger partial charge in [-0.2, -0.15) is 0 Å². The molecule has 0 fully saturated rings. The summed E-state index contributed by atoms with van der Waals surface area (Å²) in [6, 6.07) is 41.7. The molecule has 1 heterocycles. The zero-order chi connectivity index (χ0) is 45.3. The molecule has 0 spiro atoms. The highest BCUT2D eigenvalue weighted by molar-refractivity contribution is 5.89. The smallest absolute Gasteiger partial charge is 0.0972 e. The van der Waals surface area contributed by atoms with E-state index in [4.69, 9.17) is 9.97 Å². The number of unbranched alkanes of at least 4 members (excludes halogenated alkanes) is 3. The van der Waals surface area contributed by atoms with E-state index < -0.39 is 0 Å². The number of aromatic nitrogens is 2. The molecule has 4 aliphatic rings. The van der Waals surface area contributed by atoms with Crippen LogP contribution >= 0.6 is 0 Å². The number of allylic oxidation sites excluding steroid dienone is 8. The van der Waals surface area contributed by atoms with Crippen LogP contribution in [0.15, 0.2) is 145 Å². The van der Waals surface area contributed by atoms with Crippen LogP contribution in [0.2, 0.25) is 0 Å². The Balaban J connectivity index is 0.974. The summed E-state index contributed by atoms with van der Waals surface area (Å²) in [6.45, 7) is 11.8. The minimum Gasteiger partial charge on any atom is -0.244 e. The molecule has 3 atom stereocenters. The summed E-state index contributed by atoms with van der Waals surface area (Å²) in [5.41, 5.74) is 22.6. The fourth-order valence-corrected chi connectivity index (χ4v) is 13.0. The van der Waals surface area contributed by atoms with Crippen molar-refractivity contribution < 1.29 is 0 Å². The van der Waals surface area contributed by atoms with Crippen LogP contribution in [-0.4, -0.2) is 9.97 Å². The average molecular weight is 867 g/mol. The molecule has 0 bridgehead atoms. The van der Waals surface area contributed by atoms with Crippen molar-refractivity contribution in [1.82, 2.24) is 9.97 Å². The molecular formula is C64H70N2. The molecule has 3 unspecified atom stereocenters. The van der Waals surface area contributed by atoms with Gasteiger partial charge in [0.2, 0.25) is 0 Å². The molecular weight excluding hydrogens is 797 g/mol. The van der Waals surface area contributed by atoms with Gasteiger partial charge in [-0.15, -0.1) is 0 Å². The van der Waals surface area contributed by atoms with E-state index in [1.54, 1.807) is 27.8 Å². The minimum absolute atomic E-state index is 0.0917. The van der Waals surface area contributed by atoms with Crippen molar-refractivity contribution in [2.45, 2.75) is 148 Å². The van der Waals surface area contributed by atoms with Crippen molar-refractivity contribution in [2.75, 3.05) is 0 Å². The third-order valence-electron chi connectivity index (χ3n) is 16.3. The highest BCUT2D eigenvalue weighted by Gasteiger charge is 2.48. The second-order valence-electron chi connectivity index (χ2n) is 20.0. The maximum Gasteiger partial charge on any atom is 0.0972 e. The summed E-state index contributed by atoms with van der Waals surface area (Å²) in [4.78, 5) is 10.7. The summed E-state index contributed by atoms with van der Waals surface area (Å²) in [7, 11) is 0. The predicted molar refractivity (Wildman–Crippen MR) is 282 cm³/mol. The number of para-hydroxylation sites is 2. The molecule has 10 rings (SSSR count). The Labute approximate surface area is 396 Å². The number of fused-ring (bicyclic) bond motifs is 6. The minimum atomic E-state index is 0.0917. The van der Waals surface area contributed by atoms with Gasteiger partial charge >= 0.3 is 0 Å². The van der Waals surface area contributed by atoms with Crippen molar-refractivity contribution in [1.29, 1.82) is 0 Å². The van der Waals surface area contributed by atoms with Gasteiger partial charge in [-0.1, -0.05) is 207 Å². The molecule has 6 aromatic rings. The first-order valence-corrected chi connectivity index (χ1v) is 26.0. The first kappa shape index (κ1) is 44.2. The van der Waals surface area contributed by atoms with E-state index in [-0.39, 0.29) is 10.8 Å². The number of benzene rings is 5. The van der Waals surface area contributed by atoms with Crippen LogP contribution in [0.3, 0.4) is 0 Å². The molecule has 0 amide bonds. The Hall–Kier alpha value is -5.60. The topological polar surface area (TPSA) is 25.8 Å². The molecule has 0 aliphatic heterocycles. The van der Waals surface area contributed by atoms with Gasteiger partial charge in [0.15, 0.2) is 0 Å². The fourth-order valence-electron chi connectivity index (χ4n) is 13.0. The lowest BCUT2D eigenvalue weighted by molar-refractivity contribution is 0.268. The van der Waals surface area contributed by atoms with E-state index in [1.165, 1.54) is 110 Å². The second-order valence-corrected chi connectivity index (χ2v) is 20.0. The Bertz CT molecular complexity index is 2860. The van der Waals surface area contributed by atoms with Gasteiger partial charge in [-0.05, 0) is 136 Å². The van der Waals surface area contributed by atoms with Gasteiger partial charge in [0.05, 0.1) is 22.4 Å². The lowest BCUT2D eigenvalue weighted by Crippen LogP contribution is -2.35. The number of nitrogens with zero attached hydrogens (tertiary/aromatic N) is 2. The van der Waals surface area contributed by atoms with Gasteiger partial charge < -0.3 is 0 Å². The van der Waals surface area contributed by atoms with E-state index in [9.17, 15) is 0 Å². The number of hydrogen-bond donors (Lipinski definition) is 0. The highest BCUT2D eigenvalue weighted by atomic mass is 14.8. The summed E-state index contributed by atoms with van der Waals surface area (Å²) < 4.78 is 0. The molecule has 66 heavy (non-hydrogen) atoms. The van der Waals surface area contributed by atoms with Crippen molar-refractivity contribution in [2.24, 2.45) is 5.92 Å². The zero-order valence-electron chi connectivity index (χ0n) is 40.4. The number of rotatable bonds is 17. The van der Waals surface area contributed by atoms with Gasteiger partial charge in [-0.3, -0.25) is 0 Å². The van der Waals surface area contributed by atoms with Crippen LogP contribution in [0.5, 0.6) is 0 Å². The maximum absolute atomic E-state index is 5.36. The summed E-state index contributed by atoms with van der Waals surface area (Å²) in [5, 5.41) is 0. The Kier molecular flexibility index (Phi) is 12.7. The van der Waals surface area contributed by atoms with E-state index in [0.29, 0.717) is 11.8 Å². The fraction of sp³-hybridized carbons (Fsp3) is 0.375. The number of hydrogen-bond acceptors (Lipinski definition) is 2. The van der Waals surface area contributed by atoms with E-state index in [0.717, 1.165) is 52.8 Å². The molecule has 1 aromatic heterocycles. The lowest BCUT2D eigenvalue weighted by Gasteiger charge is -2.41. The third-order valence-corrected chi connectivity index (χ3v) is 16.3. The molecule has 0 saturated carbocycles. The van der Waals surface area contributed by atoms with Crippen molar-refractivity contribution in [3.8, 4) is 33.5 Å². The van der Waals surface area contributed by atoms with Gasteiger partial charge in [0, 0.05) is 22.3 Å². The Morgan fingerprint density at radius 3 is 1.97 bits per heavy atom. The van der Waals surface area contributed by atoms with Gasteiger partial charge in [-0.25, -0.2) is 9.97 Å². The molecule has 2 heteroatoms. The zero-order valence-corrected chi connectivity index (χ0v) is 40.4. The van der Waals surface area contributed by atoms with Crippen LogP contribution in [0.1, 0.15) is 170 Å². The predicted octanol–water partition coefficient (Wildman–Crippen LogP) is 18.1. The molecule has 5 aromatic carbocycles. The SMILES string of the molecule is CCCCC1(CCCC)c2ccccc2-c2ccc(C3C=CC(c4nc5ccccc5nc4-c4ccc(-c5ccc6c(c5)C(CCCC)(C(CC)CCC)C5=C6CCC=C5)cc4)=CC3)cc21. The molecule has 0 N–H and O–H groups in total. The van der Waals surface area contributed by atoms with Crippen LogP contribution in [0, 0.1) is 5.92 Å². The van der Waals surface area contributed by atoms with E-state index in [2.05, 4.69) is 174 Å². The first-order chi connectivity index (χ1) is 32.5. The van der Waals surface area contributed by atoms with Crippen molar-refractivity contribution >= 4 is 22.2 Å². The highest BCUT2D eigenvalue weighted by Crippen LogP contribution is 2.59. The summed E-state index contributed by atoms with van der Waals surface area (Å²) in [6.07, 6.45) is 30.2. The average Bonchev–Trinajstić information content (AvgIpc) is 3.82. The molecule has 4 aliphatic carbocycles. The quantitative estimate of drug-likeness (QED) is 0.0913. The second kappa shape index (κ2) is 18.9. The molecule has 0 saturated heterocycles. The Morgan fingerprint density at radius 1 is 0.591 bits per heavy atom. The largest absolute Gasteiger partial charge is 0.244 e. The molecule has 2 nitrogen and oxygen atoms in total. The summed E-state index contributed by atoms with van der Waals surface area (Å²) >= 11 is 0. The summed E-state index contributed by atoms with van der Waals surface area (Å²) in [5.74, 6) is 0.953. The van der Waals surface area contributed by atoms with Gasteiger partial charge in [0.1, 0.15) is 0 Å². The molecule has 336 valence electrons.